The number of anilines is 1. The third-order valence-electron chi connectivity index (χ3n) is 2.88. The molecule has 3 nitrogen and oxygen atoms in total. The van der Waals surface area contributed by atoms with Gasteiger partial charge in [0.05, 0.1) is 0 Å². The van der Waals surface area contributed by atoms with Crippen molar-refractivity contribution in [3.05, 3.63) is 29.3 Å². The smallest absolute Gasteiger partial charge is 0.303 e. The number of hydrogen-bond acceptors (Lipinski definition) is 2. The van der Waals surface area contributed by atoms with E-state index in [4.69, 9.17) is 5.11 Å². The standard InChI is InChI=1S/C14H21NO2/c1-10-5-6-12(3)13(7-10)15(4)9-11(2)8-14(16)17/h5-7,11H,8-9H2,1-4H3,(H,16,17). The van der Waals surface area contributed by atoms with Gasteiger partial charge in [0.15, 0.2) is 0 Å². The van der Waals surface area contributed by atoms with Gasteiger partial charge in [0.2, 0.25) is 0 Å². The normalized spacial score (nSPS) is 12.2. The van der Waals surface area contributed by atoms with Gasteiger partial charge in [-0.05, 0) is 37.0 Å². The molecule has 1 aromatic carbocycles. The van der Waals surface area contributed by atoms with Crippen LogP contribution in [0.2, 0.25) is 0 Å². The molecular weight excluding hydrogens is 214 g/mol. The zero-order valence-corrected chi connectivity index (χ0v) is 11.0. The lowest BCUT2D eigenvalue weighted by atomic mass is 10.1. The third kappa shape index (κ3) is 4.10. The first-order valence-electron chi connectivity index (χ1n) is 5.90. The molecular formula is C14H21NO2. The largest absolute Gasteiger partial charge is 0.481 e. The van der Waals surface area contributed by atoms with E-state index in [-0.39, 0.29) is 12.3 Å². The molecule has 1 N–H and O–H groups in total. The van der Waals surface area contributed by atoms with Crippen molar-refractivity contribution in [1.82, 2.24) is 0 Å². The minimum absolute atomic E-state index is 0.150. The predicted molar refractivity (Wildman–Crippen MR) is 70.6 cm³/mol. The van der Waals surface area contributed by atoms with E-state index in [1.807, 2.05) is 14.0 Å². The number of benzene rings is 1. The summed E-state index contributed by atoms with van der Waals surface area (Å²) >= 11 is 0. The Kier molecular flexibility index (Phi) is 4.55. The van der Waals surface area contributed by atoms with E-state index in [0.717, 1.165) is 6.54 Å². The zero-order chi connectivity index (χ0) is 13.0. The van der Waals surface area contributed by atoms with Crippen molar-refractivity contribution in [2.45, 2.75) is 27.2 Å². The highest BCUT2D eigenvalue weighted by Crippen LogP contribution is 2.21. The summed E-state index contributed by atoms with van der Waals surface area (Å²) in [6.45, 7) is 6.87. The van der Waals surface area contributed by atoms with E-state index in [1.165, 1.54) is 16.8 Å². The van der Waals surface area contributed by atoms with E-state index in [9.17, 15) is 4.79 Å². The quantitative estimate of drug-likeness (QED) is 0.853. The van der Waals surface area contributed by atoms with Gasteiger partial charge in [-0.15, -0.1) is 0 Å². The van der Waals surface area contributed by atoms with Crippen molar-refractivity contribution in [2.24, 2.45) is 5.92 Å². The minimum Gasteiger partial charge on any atom is -0.481 e. The van der Waals surface area contributed by atoms with Crippen LogP contribution in [0.1, 0.15) is 24.5 Å². The van der Waals surface area contributed by atoms with Crippen LogP contribution in [0.5, 0.6) is 0 Å². The Labute approximate surface area is 103 Å². The molecule has 0 spiro atoms. The maximum Gasteiger partial charge on any atom is 0.303 e. The zero-order valence-electron chi connectivity index (χ0n) is 11.0. The molecule has 1 atom stereocenters. The fraction of sp³-hybridized carbons (Fsp3) is 0.500. The van der Waals surface area contributed by atoms with Gasteiger partial charge in [-0.25, -0.2) is 0 Å². The van der Waals surface area contributed by atoms with Crippen molar-refractivity contribution in [2.75, 3.05) is 18.5 Å². The van der Waals surface area contributed by atoms with E-state index >= 15 is 0 Å². The molecule has 17 heavy (non-hydrogen) atoms. The van der Waals surface area contributed by atoms with Gasteiger partial charge in [-0.2, -0.15) is 0 Å². The molecule has 0 amide bonds. The summed E-state index contributed by atoms with van der Waals surface area (Å²) < 4.78 is 0. The highest BCUT2D eigenvalue weighted by molar-refractivity contribution is 5.67. The molecule has 0 radical (unpaired) electrons. The van der Waals surface area contributed by atoms with Crippen LogP contribution in [-0.4, -0.2) is 24.7 Å². The first-order valence-corrected chi connectivity index (χ1v) is 5.90. The molecule has 1 aromatic rings. The predicted octanol–water partition coefficient (Wildman–Crippen LogP) is 2.85. The molecule has 0 aliphatic rings. The summed E-state index contributed by atoms with van der Waals surface area (Å²) in [5, 5.41) is 8.75. The van der Waals surface area contributed by atoms with Crippen LogP contribution in [0, 0.1) is 19.8 Å². The summed E-state index contributed by atoms with van der Waals surface area (Å²) in [4.78, 5) is 12.8. The van der Waals surface area contributed by atoms with Gasteiger partial charge in [0, 0.05) is 25.7 Å². The SMILES string of the molecule is Cc1ccc(C)c(N(C)CC(C)CC(=O)O)c1. The molecule has 0 heterocycles. The number of hydrogen-bond donors (Lipinski definition) is 1. The lowest BCUT2D eigenvalue weighted by molar-refractivity contribution is -0.137. The van der Waals surface area contributed by atoms with Crippen LogP contribution in [-0.2, 0) is 4.79 Å². The van der Waals surface area contributed by atoms with Crippen LogP contribution < -0.4 is 4.90 Å². The fourth-order valence-electron chi connectivity index (χ4n) is 2.06. The molecule has 0 saturated carbocycles. The van der Waals surface area contributed by atoms with Gasteiger partial charge < -0.3 is 10.0 Å². The van der Waals surface area contributed by atoms with E-state index in [0.29, 0.717) is 0 Å². The Morgan fingerprint density at radius 1 is 1.41 bits per heavy atom. The molecule has 0 aliphatic heterocycles. The first kappa shape index (κ1) is 13.6. The number of carboxylic acid groups (broad SMARTS) is 1. The summed E-state index contributed by atoms with van der Waals surface area (Å²) in [7, 11) is 2.01. The molecule has 3 heteroatoms. The van der Waals surface area contributed by atoms with Crippen LogP contribution in [0.25, 0.3) is 0 Å². The molecule has 1 unspecified atom stereocenters. The van der Waals surface area contributed by atoms with E-state index < -0.39 is 5.97 Å². The number of aryl methyl sites for hydroxylation is 2. The van der Waals surface area contributed by atoms with Gasteiger partial charge >= 0.3 is 5.97 Å². The Morgan fingerprint density at radius 2 is 2.06 bits per heavy atom. The summed E-state index contributed by atoms with van der Waals surface area (Å²) in [5.74, 6) is -0.579. The third-order valence-corrected chi connectivity index (χ3v) is 2.88. The second kappa shape index (κ2) is 5.71. The lowest BCUT2D eigenvalue weighted by Crippen LogP contribution is -2.26. The second-order valence-corrected chi connectivity index (χ2v) is 4.87. The summed E-state index contributed by atoms with van der Waals surface area (Å²) in [6.07, 6.45) is 0.217. The molecule has 0 fully saturated rings. The van der Waals surface area contributed by atoms with Crippen molar-refractivity contribution >= 4 is 11.7 Å². The Hall–Kier alpha value is -1.51. The van der Waals surface area contributed by atoms with Crippen LogP contribution in [0.15, 0.2) is 18.2 Å². The number of carboxylic acids is 1. The van der Waals surface area contributed by atoms with Crippen molar-refractivity contribution < 1.29 is 9.90 Å². The van der Waals surface area contributed by atoms with E-state index in [2.05, 4.69) is 36.9 Å². The molecule has 0 saturated heterocycles. The van der Waals surface area contributed by atoms with E-state index in [1.54, 1.807) is 0 Å². The molecule has 0 aliphatic carbocycles. The van der Waals surface area contributed by atoms with Crippen molar-refractivity contribution in [1.29, 1.82) is 0 Å². The highest BCUT2D eigenvalue weighted by Gasteiger charge is 2.12. The van der Waals surface area contributed by atoms with Gasteiger partial charge in [-0.1, -0.05) is 19.1 Å². The summed E-state index contributed by atoms with van der Waals surface area (Å²) in [5.41, 5.74) is 3.63. The summed E-state index contributed by atoms with van der Waals surface area (Å²) in [6, 6.07) is 6.33. The average molecular weight is 235 g/mol. The lowest BCUT2D eigenvalue weighted by Gasteiger charge is -2.24. The van der Waals surface area contributed by atoms with Crippen LogP contribution in [0.3, 0.4) is 0 Å². The van der Waals surface area contributed by atoms with Gasteiger partial charge in [-0.3, -0.25) is 4.79 Å². The maximum atomic E-state index is 10.6. The number of carbonyl (C=O) groups is 1. The van der Waals surface area contributed by atoms with Gasteiger partial charge in [0.25, 0.3) is 0 Å². The monoisotopic (exact) mass is 235 g/mol. The average Bonchev–Trinajstić information content (AvgIpc) is 2.20. The topological polar surface area (TPSA) is 40.5 Å². The van der Waals surface area contributed by atoms with Crippen molar-refractivity contribution in [3.8, 4) is 0 Å². The Morgan fingerprint density at radius 3 is 2.65 bits per heavy atom. The fourth-order valence-corrected chi connectivity index (χ4v) is 2.06. The number of rotatable bonds is 5. The maximum absolute atomic E-state index is 10.6. The molecule has 0 aromatic heterocycles. The van der Waals surface area contributed by atoms with Crippen molar-refractivity contribution in [3.63, 3.8) is 0 Å². The van der Waals surface area contributed by atoms with Crippen LogP contribution >= 0.6 is 0 Å². The van der Waals surface area contributed by atoms with Crippen LogP contribution in [0.4, 0.5) is 5.69 Å². The number of aliphatic carboxylic acids is 1. The Bertz CT molecular complexity index is 401. The van der Waals surface area contributed by atoms with Gasteiger partial charge in [0.1, 0.15) is 0 Å². The number of nitrogens with zero attached hydrogens (tertiary/aromatic N) is 1. The molecule has 94 valence electrons. The molecule has 1 rings (SSSR count). The minimum atomic E-state index is -0.730. The molecule has 0 bridgehead atoms. The second-order valence-electron chi connectivity index (χ2n) is 4.87. The Balaban J connectivity index is 2.72. The highest BCUT2D eigenvalue weighted by atomic mass is 16.4. The first-order chi connectivity index (χ1) is 7.90.